The van der Waals surface area contributed by atoms with Gasteiger partial charge in [-0.2, -0.15) is 0 Å². The van der Waals surface area contributed by atoms with E-state index in [1.54, 1.807) is 11.0 Å². The number of hydrogen-bond acceptors (Lipinski definition) is 5. The highest BCUT2D eigenvalue weighted by Crippen LogP contribution is 2.43. The van der Waals surface area contributed by atoms with Gasteiger partial charge in [-0.1, -0.05) is 43.9 Å². The van der Waals surface area contributed by atoms with Crippen molar-refractivity contribution in [3.05, 3.63) is 12.7 Å². The van der Waals surface area contributed by atoms with Gasteiger partial charge in [0, 0.05) is 17.8 Å². The SMILES string of the molecule is C=CCN1C(=O)C(C2SC(C)C(C)N2CC)SC1=S. The van der Waals surface area contributed by atoms with Crippen molar-refractivity contribution < 1.29 is 4.79 Å². The topological polar surface area (TPSA) is 23.6 Å². The third-order valence-electron chi connectivity index (χ3n) is 3.78. The highest BCUT2D eigenvalue weighted by Gasteiger charge is 2.48. The summed E-state index contributed by atoms with van der Waals surface area (Å²) in [6.07, 6.45) is 1.73. The molecule has 106 valence electrons. The first-order valence-electron chi connectivity index (χ1n) is 6.55. The van der Waals surface area contributed by atoms with E-state index in [1.807, 2.05) is 11.8 Å². The van der Waals surface area contributed by atoms with Gasteiger partial charge in [0.15, 0.2) is 0 Å². The van der Waals surface area contributed by atoms with Gasteiger partial charge in [0.1, 0.15) is 9.57 Å². The number of nitrogens with zero attached hydrogens (tertiary/aromatic N) is 2. The number of thiocarbonyl (C=S) groups is 1. The smallest absolute Gasteiger partial charge is 0.244 e. The van der Waals surface area contributed by atoms with Crippen molar-refractivity contribution >= 4 is 46.0 Å². The average molecular weight is 317 g/mol. The Kier molecular flexibility index (Phi) is 4.98. The summed E-state index contributed by atoms with van der Waals surface area (Å²) in [4.78, 5) is 16.6. The Morgan fingerprint density at radius 3 is 2.74 bits per heavy atom. The van der Waals surface area contributed by atoms with Gasteiger partial charge in [0.2, 0.25) is 5.91 Å². The van der Waals surface area contributed by atoms with E-state index in [1.165, 1.54) is 11.8 Å². The highest BCUT2D eigenvalue weighted by atomic mass is 32.2. The van der Waals surface area contributed by atoms with Crippen LogP contribution in [0.4, 0.5) is 0 Å². The van der Waals surface area contributed by atoms with Crippen LogP contribution in [0.25, 0.3) is 0 Å². The van der Waals surface area contributed by atoms with Gasteiger partial charge in [0.25, 0.3) is 0 Å². The zero-order chi connectivity index (χ0) is 14.2. The van der Waals surface area contributed by atoms with Crippen molar-refractivity contribution in [1.82, 2.24) is 9.80 Å². The zero-order valence-corrected chi connectivity index (χ0v) is 14.0. The molecule has 2 fully saturated rings. The third kappa shape index (κ3) is 2.73. The number of hydrogen-bond donors (Lipinski definition) is 0. The van der Waals surface area contributed by atoms with Crippen LogP contribution in [0.1, 0.15) is 20.8 Å². The molecule has 0 bridgehead atoms. The minimum absolute atomic E-state index is 0.0650. The quantitative estimate of drug-likeness (QED) is 0.586. The summed E-state index contributed by atoms with van der Waals surface area (Å²) in [6, 6.07) is 0.510. The Morgan fingerprint density at radius 2 is 2.16 bits per heavy atom. The Morgan fingerprint density at radius 1 is 1.47 bits per heavy atom. The second-order valence-corrected chi connectivity index (χ2v) is 8.12. The molecule has 0 aromatic carbocycles. The second-order valence-electron chi connectivity index (χ2n) is 4.84. The fraction of sp³-hybridized carbons (Fsp3) is 0.692. The maximum atomic E-state index is 12.5. The lowest BCUT2D eigenvalue weighted by Crippen LogP contribution is -2.44. The van der Waals surface area contributed by atoms with Crippen molar-refractivity contribution in [2.45, 2.75) is 42.7 Å². The van der Waals surface area contributed by atoms with Gasteiger partial charge in [-0.05, 0) is 13.5 Å². The summed E-state index contributed by atoms with van der Waals surface area (Å²) in [7, 11) is 0. The lowest BCUT2D eigenvalue weighted by molar-refractivity contribution is -0.126. The van der Waals surface area contributed by atoms with E-state index in [9.17, 15) is 4.79 Å². The molecule has 2 aliphatic heterocycles. The fourth-order valence-electron chi connectivity index (χ4n) is 2.57. The summed E-state index contributed by atoms with van der Waals surface area (Å²) in [5, 5.41) is 0.727. The van der Waals surface area contributed by atoms with Crippen LogP contribution in [0.2, 0.25) is 0 Å². The zero-order valence-electron chi connectivity index (χ0n) is 11.5. The van der Waals surface area contributed by atoms with Crippen LogP contribution in [-0.4, -0.2) is 55.0 Å². The van der Waals surface area contributed by atoms with Gasteiger partial charge in [0.05, 0.1) is 5.37 Å². The fourth-order valence-corrected chi connectivity index (χ4v) is 5.99. The summed E-state index contributed by atoms with van der Waals surface area (Å²) in [5.74, 6) is 0.146. The Bertz CT molecular complexity index is 401. The molecular weight excluding hydrogens is 296 g/mol. The molecule has 0 radical (unpaired) electrons. The van der Waals surface area contributed by atoms with Crippen molar-refractivity contribution in [1.29, 1.82) is 0 Å². The monoisotopic (exact) mass is 316 g/mol. The number of thioether (sulfide) groups is 2. The van der Waals surface area contributed by atoms with E-state index >= 15 is 0 Å². The Labute approximate surface area is 129 Å². The van der Waals surface area contributed by atoms with Crippen LogP contribution in [0.5, 0.6) is 0 Å². The molecule has 0 aromatic rings. The van der Waals surface area contributed by atoms with Crippen molar-refractivity contribution in [2.24, 2.45) is 0 Å². The molecule has 2 heterocycles. The Hall–Kier alpha value is -0.0400. The first-order valence-corrected chi connectivity index (χ1v) is 8.78. The average Bonchev–Trinajstić information content (AvgIpc) is 2.81. The van der Waals surface area contributed by atoms with Crippen molar-refractivity contribution in [3.63, 3.8) is 0 Å². The van der Waals surface area contributed by atoms with Gasteiger partial charge in [-0.3, -0.25) is 14.6 Å². The first-order chi connectivity index (χ1) is 9.01. The number of amides is 1. The van der Waals surface area contributed by atoms with Crippen molar-refractivity contribution in [3.8, 4) is 0 Å². The van der Waals surface area contributed by atoms with E-state index in [2.05, 4.69) is 32.3 Å². The predicted octanol–water partition coefficient (Wildman–Crippen LogP) is 2.57. The molecule has 0 spiro atoms. The third-order valence-corrected chi connectivity index (χ3v) is 7.24. The molecule has 0 saturated carbocycles. The molecule has 19 heavy (non-hydrogen) atoms. The van der Waals surface area contributed by atoms with Crippen LogP contribution in [0.3, 0.4) is 0 Å². The minimum atomic E-state index is -0.0650. The van der Waals surface area contributed by atoms with Crippen LogP contribution in [0, 0.1) is 0 Å². The summed E-state index contributed by atoms with van der Waals surface area (Å²) in [6.45, 7) is 11.8. The predicted molar refractivity (Wildman–Crippen MR) is 88.6 cm³/mol. The normalized spacial score (nSPS) is 36.3. The molecule has 2 rings (SSSR count). The minimum Gasteiger partial charge on any atom is -0.293 e. The first kappa shape index (κ1) is 15.4. The molecular formula is C13H20N2OS3. The van der Waals surface area contributed by atoms with E-state index in [0.29, 0.717) is 22.2 Å². The van der Waals surface area contributed by atoms with Crippen LogP contribution < -0.4 is 0 Å². The van der Waals surface area contributed by atoms with Crippen LogP contribution in [-0.2, 0) is 4.79 Å². The Balaban J connectivity index is 2.17. The standard InChI is InChI=1S/C13H20N2OS3/c1-5-7-15-11(16)10(19-13(15)17)12-14(6-2)8(3)9(4)18-12/h5,8-10,12H,1,6-7H2,2-4H3. The number of rotatable bonds is 4. The van der Waals surface area contributed by atoms with Gasteiger partial charge >= 0.3 is 0 Å². The van der Waals surface area contributed by atoms with E-state index in [-0.39, 0.29) is 16.5 Å². The highest BCUT2D eigenvalue weighted by molar-refractivity contribution is 8.24. The van der Waals surface area contributed by atoms with Gasteiger partial charge < -0.3 is 0 Å². The molecule has 2 aliphatic rings. The molecule has 0 aromatic heterocycles. The number of carbonyl (C=O) groups is 1. The maximum absolute atomic E-state index is 12.5. The van der Waals surface area contributed by atoms with E-state index in [0.717, 1.165) is 6.54 Å². The largest absolute Gasteiger partial charge is 0.293 e. The summed E-state index contributed by atoms with van der Waals surface area (Å²) in [5.41, 5.74) is 0. The van der Waals surface area contributed by atoms with Gasteiger partial charge in [-0.25, -0.2) is 0 Å². The molecule has 1 amide bonds. The molecule has 4 unspecified atom stereocenters. The van der Waals surface area contributed by atoms with E-state index < -0.39 is 0 Å². The molecule has 2 saturated heterocycles. The van der Waals surface area contributed by atoms with Crippen LogP contribution >= 0.6 is 35.7 Å². The lowest BCUT2D eigenvalue weighted by atomic mass is 10.2. The van der Waals surface area contributed by atoms with Crippen molar-refractivity contribution in [2.75, 3.05) is 13.1 Å². The molecule has 6 heteroatoms. The second kappa shape index (κ2) is 6.16. The number of carbonyl (C=O) groups excluding carboxylic acids is 1. The van der Waals surface area contributed by atoms with Gasteiger partial charge in [-0.15, -0.1) is 18.3 Å². The summed E-state index contributed by atoms with van der Waals surface area (Å²) < 4.78 is 0.693. The van der Waals surface area contributed by atoms with E-state index in [4.69, 9.17) is 12.2 Å². The van der Waals surface area contributed by atoms with Crippen LogP contribution in [0.15, 0.2) is 12.7 Å². The lowest BCUT2D eigenvalue weighted by Gasteiger charge is -2.28. The molecule has 4 atom stereocenters. The molecule has 0 aliphatic carbocycles. The maximum Gasteiger partial charge on any atom is 0.244 e. The summed E-state index contributed by atoms with van der Waals surface area (Å²) >= 11 is 8.76. The molecule has 3 nitrogen and oxygen atoms in total. The molecule has 0 N–H and O–H groups in total.